The van der Waals surface area contributed by atoms with Crippen molar-refractivity contribution >= 4 is 22.4 Å². The van der Waals surface area contributed by atoms with Gasteiger partial charge < -0.3 is 29.2 Å². The molecule has 8 nitrogen and oxygen atoms in total. The lowest BCUT2D eigenvalue weighted by Crippen LogP contribution is -2.30. The predicted molar refractivity (Wildman–Crippen MR) is 122 cm³/mol. The van der Waals surface area contributed by atoms with Crippen LogP contribution in [0.5, 0.6) is 23.0 Å². The maximum Gasteiger partial charge on any atom is 0.231 e. The minimum atomic E-state index is 0.213. The zero-order chi connectivity index (χ0) is 21.9. The number of nitrogens with one attached hydrogen (secondary N) is 1. The maximum atomic E-state index is 6.13. The van der Waals surface area contributed by atoms with Gasteiger partial charge in [0, 0.05) is 11.5 Å². The van der Waals surface area contributed by atoms with Gasteiger partial charge in [0.2, 0.25) is 6.79 Å². The van der Waals surface area contributed by atoms with Crippen LogP contribution in [0.1, 0.15) is 19.3 Å². The fraction of sp³-hybridized carbons (Fsp3) is 0.417. The van der Waals surface area contributed by atoms with E-state index in [1.165, 1.54) is 25.9 Å². The molecule has 0 radical (unpaired) electrons. The SMILES string of the molecule is COc1cc2c(Nc3cccc4c3OCO4)ncnc2cc1OCCC1CCN(C)CC1. The highest BCUT2D eigenvalue weighted by molar-refractivity contribution is 5.93. The van der Waals surface area contributed by atoms with Crippen molar-refractivity contribution in [3.05, 3.63) is 36.7 Å². The van der Waals surface area contributed by atoms with Crippen LogP contribution in [0.3, 0.4) is 0 Å². The van der Waals surface area contributed by atoms with Gasteiger partial charge in [-0.05, 0) is 63.5 Å². The number of aromatic nitrogens is 2. The van der Waals surface area contributed by atoms with Gasteiger partial charge in [-0.15, -0.1) is 0 Å². The number of methoxy groups -OCH3 is 1. The van der Waals surface area contributed by atoms with E-state index in [0.717, 1.165) is 28.9 Å². The number of likely N-dealkylation sites (tertiary alicyclic amines) is 1. The first-order valence-electron chi connectivity index (χ1n) is 11.0. The van der Waals surface area contributed by atoms with Gasteiger partial charge >= 0.3 is 0 Å². The van der Waals surface area contributed by atoms with E-state index in [0.29, 0.717) is 35.4 Å². The van der Waals surface area contributed by atoms with Gasteiger partial charge in [-0.25, -0.2) is 9.97 Å². The number of fused-ring (bicyclic) bond motifs is 2. The number of benzene rings is 2. The molecule has 3 heterocycles. The molecule has 3 aromatic rings. The summed E-state index contributed by atoms with van der Waals surface area (Å²) in [7, 11) is 3.83. The number of rotatable bonds is 7. The molecular weight excluding hydrogens is 408 g/mol. The third-order valence-electron chi connectivity index (χ3n) is 6.19. The highest BCUT2D eigenvalue weighted by atomic mass is 16.7. The van der Waals surface area contributed by atoms with Gasteiger partial charge in [0.15, 0.2) is 23.0 Å². The van der Waals surface area contributed by atoms with E-state index in [4.69, 9.17) is 18.9 Å². The van der Waals surface area contributed by atoms with Crippen LogP contribution in [0.2, 0.25) is 0 Å². The maximum absolute atomic E-state index is 6.13. The molecule has 2 aliphatic heterocycles. The summed E-state index contributed by atoms with van der Waals surface area (Å²) in [5, 5.41) is 4.19. The molecular formula is C24H28N4O4. The molecule has 0 spiro atoms. The second kappa shape index (κ2) is 9.08. The van der Waals surface area contributed by atoms with Crippen molar-refractivity contribution in [3.8, 4) is 23.0 Å². The second-order valence-electron chi connectivity index (χ2n) is 8.29. The lowest BCUT2D eigenvalue weighted by molar-refractivity contribution is 0.174. The van der Waals surface area contributed by atoms with Crippen molar-refractivity contribution in [3.63, 3.8) is 0 Å². The summed E-state index contributed by atoms with van der Waals surface area (Å²) in [4.78, 5) is 11.3. The molecule has 0 unspecified atom stereocenters. The smallest absolute Gasteiger partial charge is 0.231 e. The molecule has 2 aromatic carbocycles. The van der Waals surface area contributed by atoms with Gasteiger partial charge in [-0.2, -0.15) is 0 Å². The predicted octanol–water partition coefficient (Wildman–Crippen LogP) is 4.22. The van der Waals surface area contributed by atoms with Gasteiger partial charge in [-0.1, -0.05) is 6.07 Å². The van der Waals surface area contributed by atoms with Crippen molar-refractivity contribution in [2.45, 2.75) is 19.3 Å². The summed E-state index contributed by atoms with van der Waals surface area (Å²) in [6.45, 7) is 3.21. The Bertz CT molecular complexity index is 1100. The van der Waals surface area contributed by atoms with E-state index in [2.05, 4.69) is 27.2 Å². The first-order valence-corrected chi connectivity index (χ1v) is 11.0. The highest BCUT2D eigenvalue weighted by Crippen LogP contribution is 2.41. The van der Waals surface area contributed by atoms with Gasteiger partial charge in [0.1, 0.15) is 12.1 Å². The molecule has 0 saturated carbocycles. The first kappa shape index (κ1) is 20.6. The number of hydrogen-bond donors (Lipinski definition) is 1. The van der Waals surface area contributed by atoms with Gasteiger partial charge in [0.05, 0.1) is 24.9 Å². The molecule has 1 N–H and O–H groups in total. The van der Waals surface area contributed by atoms with E-state index in [9.17, 15) is 0 Å². The molecule has 0 atom stereocenters. The zero-order valence-corrected chi connectivity index (χ0v) is 18.5. The Morgan fingerprint density at radius 1 is 1.12 bits per heavy atom. The second-order valence-corrected chi connectivity index (χ2v) is 8.29. The van der Waals surface area contributed by atoms with Crippen LogP contribution in [0.4, 0.5) is 11.5 Å². The van der Waals surface area contributed by atoms with Crippen molar-refractivity contribution in [1.29, 1.82) is 0 Å². The minimum Gasteiger partial charge on any atom is -0.493 e. The fourth-order valence-corrected chi connectivity index (χ4v) is 4.28. The topological polar surface area (TPSA) is 78.0 Å². The van der Waals surface area contributed by atoms with E-state index in [-0.39, 0.29) is 6.79 Å². The Kier molecular flexibility index (Phi) is 5.85. The summed E-state index contributed by atoms with van der Waals surface area (Å²) in [5.41, 5.74) is 1.57. The quantitative estimate of drug-likeness (QED) is 0.590. The van der Waals surface area contributed by atoms with Crippen LogP contribution >= 0.6 is 0 Å². The number of nitrogens with zero attached hydrogens (tertiary/aromatic N) is 3. The third kappa shape index (κ3) is 4.23. The molecule has 1 fully saturated rings. The molecule has 8 heteroatoms. The summed E-state index contributed by atoms with van der Waals surface area (Å²) in [6.07, 6.45) is 5.05. The number of anilines is 2. The van der Waals surface area contributed by atoms with Crippen LogP contribution < -0.4 is 24.3 Å². The number of ether oxygens (including phenoxy) is 4. The van der Waals surface area contributed by atoms with Crippen molar-refractivity contribution in [1.82, 2.24) is 14.9 Å². The lowest BCUT2D eigenvalue weighted by Gasteiger charge is -2.28. The van der Waals surface area contributed by atoms with E-state index in [1.54, 1.807) is 13.4 Å². The van der Waals surface area contributed by atoms with Crippen LogP contribution in [0, 0.1) is 5.92 Å². The Balaban J connectivity index is 1.35. The number of para-hydroxylation sites is 1. The molecule has 1 saturated heterocycles. The minimum absolute atomic E-state index is 0.213. The normalized spacial score (nSPS) is 16.3. The summed E-state index contributed by atoms with van der Waals surface area (Å²) < 4.78 is 22.8. The molecule has 32 heavy (non-hydrogen) atoms. The van der Waals surface area contributed by atoms with Crippen LogP contribution in [-0.4, -0.2) is 55.5 Å². The van der Waals surface area contributed by atoms with Crippen LogP contribution in [0.25, 0.3) is 10.9 Å². The highest BCUT2D eigenvalue weighted by Gasteiger charge is 2.20. The summed E-state index contributed by atoms with van der Waals surface area (Å²) in [6, 6.07) is 9.56. The van der Waals surface area contributed by atoms with E-state index in [1.807, 2.05) is 30.3 Å². The largest absolute Gasteiger partial charge is 0.493 e. The molecule has 0 amide bonds. The Morgan fingerprint density at radius 2 is 2.00 bits per heavy atom. The molecule has 1 aromatic heterocycles. The molecule has 5 rings (SSSR count). The van der Waals surface area contributed by atoms with Gasteiger partial charge in [-0.3, -0.25) is 0 Å². The molecule has 0 bridgehead atoms. The Labute approximate surface area is 187 Å². The first-order chi connectivity index (χ1) is 15.7. The summed E-state index contributed by atoms with van der Waals surface area (Å²) in [5.74, 6) is 4.14. The van der Waals surface area contributed by atoms with Crippen molar-refractivity contribution in [2.75, 3.05) is 46.0 Å². The molecule has 2 aliphatic rings. The average molecular weight is 437 g/mol. The van der Waals surface area contributed by atoms with Crippen LogP contribution in [-0.2, 0) is 0 Å². The van der Waals surface area contributed by atoms with Crippen molar-refractivity contribution in [2.24, 2.45) is 5.92 Å². The van der Waals surface area contributed by atoms with Gasteiger partial charge in [0.25, 0.3) is 0 Å². The fourth-order valence-electron chi connectivity index (χ4n) is 4.28. The standard InChI is InChI=1S/C24H28N4O4/c1-28-9-6-16(7-10-28)8-11-30-22-13-19-17(12-21(22)29-2)24(26-14-25-19)27-18-4-3-5-20-23(18)32-15-31-20/h3-5,12-14,16H,6-11,15H2,1-2H3,(H,25,26,27). The Morgan fingerprint density at radius 3 is 2.84 bits per heavy atom. The number of piperidine rings is 1. The molecule has 168 valence electrons. The van der Waals surface area contributed by atoms with E-state index < -0.39 is 0 Å². The summed E-state index contributed by atoms with van der Waals surface area (Å²) >= 11 is 0. The monoisotopic (exact) mass is 436 g/mol. The van der Waals surface area contributed by atoms with Crippen LogP contribution in [0.15, 0.2) is 36.7 Å². The average Bonchev–Trinajstić information content (AvgIpc) is 3.30. The Hall–Kier alpha value is -3.26. The van der Waals surface area contributed by atoms with E-state index >= 15 is 0 Å². The lowest BCUT2D eigenvalue weighted by atomic mass is 9.94. The third-order valence-corrected chi connectivity index (χ3v) is 6.19. The van der Waals surface area contributed by atoms with Crippen molar-refractivity contribution < 1.29 is 18.9 Å². The zero-order valence-electron chi connectivity index (χ0n) is 18.5. The molecule has 0 aliphatic carbocycles. The number of hydrogen-bond acceptors (Lipinski definition) is 8.